The molecule has 0 bridgehead atoms. The van der Waals surface area contributed by atoms with Crippen molar-refractivity contribution in [3.63, 3.8) is 0 Å². The third kappa shape index (κ3) is 2.97. The minimum absolute atomic E-state index is 0.360. The summed E-state index contributed by atoms with van der Waals surface area (Å²) >= 11 is 0. The Morgan fingerprint density at radius 3 is 2.28 bits per heavy atom. The van der Waals surface area contributed by atoms with Gasteiger partial charge in [-0.25, -0.2) is 14.6 Å². The average molecular weight is 333 g/mol. The average Bonchev–Trinajstić information content (AvgIpc) is 3.23. The van der Waals surface area contributed by atoms with Crippen molar-refractivity contribution in [3.05, 3.63) is 48.7 Å². The second-order valence-electron chi connectivity index (χ2n) is 5.51. The van der Waals surface area contributed by atoms with Crippen molar-refractivity contribution < 1.29 is 0 Å². The Bertz CT molecular complexity index is 875. The maximum Gasteiger partial charge on any atom is 0.183 e. The molecular weight excluding hydrogens is 318 g/mol. The van der Waals surface area contributed by atoms with Crippen LogP contribution >= 0.6 is 0 Å². The van der Waals surface area contributed by atoms with Crippen molar-refractivity contribution in [2.45, 2.75) is 0 Å². The summed E-state index contributed by atoms with van der Waals surface area (Å²) in [4.78, 5) is 12.6. The Morgan fingerprint density at radius 1 is 0.880 bits per heavy atom. The second-order valence-corrected chi connectivity index (χ2v) is 5.51. The molecule has 4 heterocycles. The lowest BCUT2D eigenvalue weighted by molar-refractivity contribution is 0.635. The summed E-state index contributed by atoms with van der Waals surface area (Å²) < 4.78 is 1.67. The van der Waals surface area contributed by atoms with Crippen molar-refractivity contribution in [1.82, 2.24) is 29.9 Å². The van der Waals surface area contributed by atoms with Crippen LogP contribution in [0.15, 0.2) is 43.0 Å². The van der Waals surface area contributed by atoms with Crippen LogP contribution in [-0.4, -0.2) is 56.1 Å². The van der Waals surface area contributed by atoms with E-state index in [2.05, 4.69) is 41.1 Å². The first-order chi connectivity index (χ1) is 12.3. The fourth-order valence-corrected chi connectivity index (χ4v) is 2.80. The summed E-state index contributed by atoms with van der Waals surface area (Å²) in [6, 6.07) is 7.79. The van der Waals surface area contributed by atoms with Gasteiger partial charge >= 0.3 is 0 Å². The van der Waals surface area contributed by atoms with E-state index >= 15 is 0 Å². The molecule has 0 atom stereocenters. The van der Waals surface area contributed by atoms with Crippen molar-refractivity contribution in [3.8, 4) is 11.9 Å². The maximum absolute atomic E-state index is 9.17. The van der Waals surface area contributed by atoms with Gasteiger partial charge in [0.1, 0.15) is 6.07 Å². The van der Waals surface area contributed by atoms with Gasteiger partial charge in [-0.1, -0.05) is 0 Å². The van der Waals surface area contributed by atoms with Crippen molar-refractivity contribution in [2.24, 2.45) is 0 Å². The van der Waals surface area contributed by atoms with Crippen LogP contribution in [0.4, 0.5) is 11.6 Å². The minimum atomic E-state index is 0.360. The molecule has 25 heavy (non-hydrogen) atoms. The molecule has 0 unspecified atom stereocenters. The summed E-state index contributed by atoms with van der Waals surface area (Å²) in [6.45, 7) is 3.04. The molecule has 1 aliphatic heterocycles. The van der Waals surface area contributed by atoms with Crippen molar-refractivity contribution in [1.29, 1.82) is 5.26 Å². The van der Waals surface area contributed by atoms with Gasteiger partial charge in [0.05, 0.1) is 0 Å². The quantitative estimate of drug-likeness (QED) is 0.689. The number of piperazine rings is 1. The fourth-order valence-electron chi connectivity index (χ4n) is 2.80. The van der Waals surface area contributed by atoms with Crippen LogP contribution in [0.3, 0.4) is 0 Å². The van der Waals surface area contributed by atoms with Gasteiger partial charge in [-0.15, -0.1) is 10.2 Å². The van der Waals surface area contributed by atoms with Gasteiger partial charge in [-0.3, -0.25) is 0 Å². The summed E-state index contributed by atoms with van der Waals surface area (Å²) in [7, 11) is 0. The van der Waals surface area contributed by atoms with Gasteiger partial charge < -0.3 is 9.80 Å². The molecule has 3 aromatic heterocycles. The minimum Gasteiger partial charge on any atom is -0.352 e. The Hall–Kier alpha value is -3.54. The zero-order chi connectivity index (χ0) is 17.1. The zero-order valence-electron chi connectivity index (χ0n) is 13.4. The van der Waals surface area contributed by atoms with Gasteiger partial charge in [0, 0.05) is 51.0 Å². The molecular formula is C16H15N9. The first-order valence-corrected chi connectivity index (χ1v) is 7.90. The van der Waals surface area contributed by atoms with E-state index in [0.29, 0.717) is 17.3 Å². The topological polar surface area (TPSA) is 99.7 Å². The van der Waals surface area contributed by atoms with E-state index in [4.69, 9.17) is 5.26 Å². The predicted molar refractivity (Wildman–Crippen MR) is 90.3 cm³/mol. The lowest BCUT2D eigenvalue weighted by Gasteiger charge is -2.35. The van der Waals surface area contributed by atoms with E-state index in [9.17, 15) is 0 Å². The highest BCUT2D eigenvalue weighted by atomic mass is 15.4. The van der Waals surface area contributed by atoms with Crippen LogP contribution in [0.5, 0.6) is 0 Å². The molecule has 0 N–H and O–H groups in total. The van der Waals surface area contributed by atoms with Crippen LogP contribution in [0.1, 0.15) is 5.69 Å². The smallest absolute Gasteiger partial charge is 0.183 e. The Labute approximate surface area is 144 Å². The molecule has 3 aromatic rings. The van der Waals surface area contributed by atoms with E-state index in [1.165, 1.54) is 6.20 Å². The van der Waals surface area contributed by atoms with E-state index < -0.39 is 0 Å². The molecule has 0 spiro atoms. The van der Waals surface area contributed by atoms with Gasteiger partial charge in [0.25, 0.3) is 0 Å². The van der Waals surface area contributed by atoms with Crippen molar-refractivity contribution in [2.75, 3.05) is 36.0 Å². The molecule has 0 aliphatic carbocycles. The van der Waals surface area contributed by atoms with Crippen LogP contribution in [0.2, 0.25) is 0 Å². The molecule has 0 saturated carbocycles. The molecule has 9 heteroatoms. The molecule has 1 saturated heterocycles. The van der Waals surface area contributed by atoms with Gasteiger partial charge in [0.2, 0.25) is 0 Å². The highest BCUT2D eigenvalue weighted by molar-refractivity contribution is 5.51. The first-order valence-electron chi connectivity index (χ1n) is 7.90. The fraction of sp³-hybridized carbons (Fsp3) is 0.250. The van der Waals surface area contributed by atoms with E-state index in [1.54, 1.807) is 17.1 Å². The van der Waals surface area contributed by atoms with Crippen LogP contribution in [0.25, 0.3) is 5.82 Å². The van der Waals surface area contributed by atoms with E-state index in [-0.39, 0.29) is 0 Å². The number of anilines is 2. The third-order valence-corrected chi connectivity index (χ3v) is 4.06. The number of aromatic nitrogens is 6. The second kappa shape index (κ2) is 6.52. The lowest BCUT2D eigenvalue weighted by atomic mass is 10.3. The molecule has 1 aliphatic rings. The molecule has 1 fully saturated rings. The number of nitriles is 1. The lowest BCUT2D eigenvalue weighted by Crippen LogP contribution is -2.47. The largest absolute Gasteiger partial charge is 0.352 e. The molecule has 124 valence electrons. The molecule has 0 aromatic carbocycles. The highest BCUT2D eigenvalue weighted by Crippen LogP contribution is 2.19. The summed E-state index contributed by atoms with van der Waals surface area (Å²) in [5, 5.41) is 21.8. The highest BCUT2D eigenvalue weighted by Gasteiger charge is 2.21. The summed E-state index contributed by atoms with van der Waals surface area (Å²) in [5.74, 6) is 2.16. The standard InChI is InChI=1S/C16H15N9/c17-12-13-16(19-6-5-18-13)24-10-8-23(9-11-24)14-2-3-15(22-21-14)25-7-1-4-20-25/h1-7H,8-11H2. The normalized spacial score (nSPS) is 14.4. The van der Waals surface area contributed by atoms with Crippen LogP contribution in [0, 0.1) is 11.3 Å². The summed E-state index contributed by atoms with van der Waals surface area (Å²) in [6.07, 6.45) is 6.68. The molecule has 9 nitrogen and oxygen atoms in total. The molecule has 4 rings (SSSR count). The Kier molecular flexibility index (Phi) is 3.92. The van der Waals surface area contributed by atoms with Crippen molar-refractivity contribution >= 4 is 11.6 Å². The number of hydrogen-bond acceptors (Lipinski definition) is 8. The monoisotopic (exact) mass is 333 g/mol. The number of rotatable bonds is 3. The summed E-state index contributed by atoms with van der Waals surface area (Å²) in [5.41, 5.74) is 0.360. The van der Waals surface area contributed by atoms with Gasteiger partial charge in [0.15, 0.2) is 23.1 Å². The van der Waals surface area contributed by atoms with Crippen LogP contribution in [-0.2, 0) is 0 Å². The predicted octanol–water partition coefficient (Wildman–Crippen LogP) is 0.651. The SMILES string of the molecule is N#Cc1nccnc1N1CCN(c2ccc(-n3cccn3)nn2)CC1. The van der Waals surface area contributed by atoms with E-state index in [0.717, 1.165) is 32.0 Å². The van der Waals surface area contributed by atoms with E-state index in [1.807, 2.05) is 24.4 Å². The van der Waals surface area contributed by atoms with Gasteiger partial charge in [-0.05, 0) is 18.2 Å². The molecule has 0 amide bonds. The first kappa shape index (κ1) is 15.0. The zero-order valence-corrected chi connectivity index (χ0v) is 13.4. The third-order valence-electron chi connectivity index (χ3n) is 4.06. The number of hydrogen-bond donors (Lipinski definition) is 0. The Balaban J connectivity index is 1.44. The Morgan fingerprint density at radius 2 is 1.60 bits per heavy atom. The number of nitrogens with zero attached hydrogens (tertiary/aromatic N) is 9. The van der Waals surface area contributed by atoms with Crippen LogP contribution < -0.4 is 9.80 Å². The van der Waals surface area contributed by atoms with Gasteiger partial charge in [-0.2, -0.15) is 10.4 Å². The maximum atomic E-state index is 9.17. The molecule has 0 radical (unpaired) electrons.